The molecule has 0 radical (unpaired) electrons. The van der Waals surface area contributed by atoms with E-state index < -0.39 is 21.0 Å². The zero-order valence-electron chi connectivity index (χ0n) is 10.4. The third kappa shape index (κ3) is 3.29. The quantitative estimate of drug-likeness (QED) is 0.683. The van der Waals surface area contributed by atoms with Gasteiger partial charge in [0.2, 0.25) is 0 Å². The molecule has 1 atom stereocenters. The second kappa shape index (κ2) is 5.66. The molecule has 1 unspecified atom stereocenters. The van der Waals surface area contributed by atoms with Crippen LogP contribution in [0.3, 0.4) is 0 Å². The maximum atomic E-state index is 11.8. The minimum atomic E-state index is -3.04. The fraction of sp³-hybridized carbons (Fsp3) is 0.700. The molecule has 1 aliphatic rings. The van der Waals surface area contributed by atoms with Gasteiger partial charge < -0.3 is 11.1 Å². The lowest BCUT2D eigenvalue weighted by molar-refractivity contribution is 0.0948. The van der Waals surface area contributed by atoms with Crippen molar-refractivity contribution in [2.24, 2.45) is 5.73 Å². The van der Waals surface area contributed by atoms with Gasteiger partial charge in [0.25, 0.3) is 5.91 Å². The van der Waals surface area contributed by atoms with Crippen molar-refractivity contribution in [3.8, 4) is 0 Å². The van der Waals surface area contributed by atoms with Crippen molar-refractivity contribution in [2.75, 3.05) is 18.8 Å². The van der Waals surface area contributed by atoms with E-state index in [9.17, 15) is 13.2 Å². The monoisotopic (exact) mass is 287 g/mol. The Kier molecular flexibility index (Phi) is 4.15. The predicted molar refractivity (Wildman–Crippen MR) is 68.2 cm³/mol. The summed E-state index contributed by atoms with van der Waals surface area (Å²) in [5.74, 6) is -0.203. The number of nitrogens with zero attached hydrogens (tertiary/aromatic N) is 3. The third-order valence-corrected chi connectivity index (χ3v) is 5.36. The van der Waals surface area contributed by atoms with Crippen LogP contribution in [0.15, 0.2) is 6.20 Å². The summed E-state index contributed by atoms with van der Waals surface area (Å²) in [6.45, 7) is 1.02. The lowest BCUT2D eigenvalue weighted by Crippen LogP contribution is -2.34. The van der Waals surface area contributed by atoms with E-state index in [1.807, 2.05) is 0 Å². The highest BCUT2D eigenvalue weighted by atomic mass is 32.2. The van der Waals surface area contributed by atoms with Crippen LogP contribution in [0.25, 0.3) is 0 Å². The van der Waals surface area contributed by atoms with E-state index in [4.69, 9.17) is 5.73 Å². The van der Waals surface area contributed by atoms with Crippen molar-refractivity contribution in [2.45, 2.75) is 24.6 Å². The standard InChI is InChI=1S/C10H17N5O3S/c11-3-4-15-7-9(13-14-15)10(16)12-6-8-2-1-5-19(8,17)18/h7-8H,1-6,11H2,(H,12,16). The molecule has 0 saturated carbocycles. The van der Waals surface area contributed by atoms with E-state index in [0.717, 1.165) is 0 Å². The molecule has 19 heavy (non-hydrogen) atoms. The molecule has 0 spiro atoms. The molecule has 0 aromatic carbocycles. The van der Waals surface area contributed by atoms with Crippen LogP contribution < -0.4 is 11.1 Å². The summed E-state index contributed by atoms with van der Waals surface area (Å²) >= 11 is 0. The van der Waals surface area contributed by atoms with Gasteiger partial charge in [-0.15, -0.1) is 5.10 Å². The van der Waals surface area contributed by atoms with Gasteiger partial charge in [-0.1, -0.05) is 5.21 Å². The summed E-state index contributed by atoms with van der Waals surface area (Å²) < 4.78 is 24.7. The van der Waals surface area contributed by atoms with Gasteiger partial charge in [-0.2, -0.15) is 0 Å². The van der Waals surface area contributed by atoms with Gasteiger partial charge in [0.1, 0.15) is 0 Å². The van der Waals surface area contributed by atoms with E-state index in [0.29, 0.717) is 25.9 Å². The molecular formula is C10H17N5O3S. The Hall–Kier alpha value is -1.48. The van der Waals surface area contributed by atoms with Crippen LogP contribution in [0.1, 0.15) is 23.3 Å². The summed E-state index contributed by atoms with van der Waals surface area (Å²) in [7, 11) is -3.04. The van der Waals surface area contributed by atoms with Crippen molar-refractivity contribution < 1.29 is 13.2 Å². The van der Waals surface area contributed by atoms with Gasteiger partial charge in [0.05, 0.1) is 23.7 Å². The van der Waals surface area contributed by atoms with Crippen molar-refractivity contribution in [3.63, 3.8) is 0 Å². The van der Waals surface area contributed by atoms with Crippen LogP contribution in [0, 0.1) is 0 Å². The van der Waals surface area contributed by atoms with Gasteiger partial charge in [0.15, 0.2) is 15.5 Å². The largest absolute Gasteiger partial charge is 0.349 e. The normalized spacial score (nSPS) is 21.4. The van der Waals surface area contributed by atoms with Crippen LogP contribution in [-0.2, 0) is 16.4 Å². The lowest BCUT2D eigenvalue weighted by Gasteiger charge is -2.09. The molecule has 1 aromatic heterocycles. The average molecular weight is 287 g/mol. The van der Waals surface area contributed by atoms with E-state index in [-0.39, 0.29) is 18.0 Å². The summed E-state index contributed by atoms with van der Waals surface area (Å²) in [6.07, 6.45) is 2.75. The molecule has 1 amide bonds. The summed E-state index contributed by atoms with van der Waals surface area (Å²) in [5.41, 5.74) is 5.53. The first-order valence-electron chi connectivity index (χ1n) is 6.13. The Morgan fingerprint density at radius 3 is 3.00 bits per heavy atom. The molecule has 9 heteroatoms. The molecule has 2 heterocycles. The zero-order chi connectivity index (χ0) is 13.9. The Bertz CT molecular complexity index is 553. The van der Waals surface area contributed by atoms with E-state index in [2.05, 4.69) is 15.6 Å². The third-order valence-electron chi connectivity index (χ3n) is 3.08. The number of aromatic nitrogens is 3. The first-order chi connectivity index (χ1) is 9.03. The second-order valence-corrected chi connectivity index (χ2v) is 6.90. The highest BCUT2D eigenvalue weighted by Gasteiger charge is 2.31. The maximum Gasteiger partial charge on any atom is 0.273 e. The maximum absolute atomic E-state index is 11.8. The van der Waals surface area contributed by atoms with Crippen LogP contribution in [-0.4, -0.2) is 53.4 Å². The summed E-state index contributed by atoms with van der Waals surface area (Å²) in [6, 6.07) is 0. The molecule has 0 bridgehead atoms. The molecule has 1 aliphatic heterocycles. The number of rotatable bonds is 5. The Balaban J connectivity index is 1.90. The molecule has 1 saturated heterocycles. The fourth-order valence-corrected chi connectivity index (χ4v) is 3.79. The number of hydrogen-bond donors (Lipinski definition) is 2. The van der Waals surface area contributed by atoms with Crippen LogP contribution in [0.5, 0.6) is 0 Å². The van der Waals surface area contributed by atoms with Crippen LogP contribution >= 0.6 is 0 Å². The Labute approximate surface area is 111 Å². The molecule has 0 aliphatic carbocycles. The fourth-order valence-electron chi connectivity index (χ4n) is 2.03. The van der Waals surface area contributed by atoms with Gasteiger partial charge >= 0.3 is 0 Å². The van der Waals surface area contributed by atoms with Gasteiger partial charge in [-0.3, -0.25) is 9.48 Å². The van der Waals surface area contributed by atoms with E-state index in [1.165, 1.54) is 10.9 Å². The van der Waals surface area contributed by atoms with Crippen molar-refractivity contribution in [1.29, 1.82) is 0 Å². The van der Waals surface area contributed by atoms with E-state index in [1.54, 1.807) is 0 Å². The molecule has 106 valence electrons. The Morgan fingerprint density at radius 2 is 2.37 bits per heavy atom. The number of hydrogen-bond acceptors (Lipinski definition) is 6. The molecule has 1 fully saturated rings. The highest BCUT2D eigenvalue weighted by molar-refractivity contribution is 7.92. The van der Waals surface area contributed by atoms with Gasteiger partial charge in [0, 0.05) is 13.1 Å². The smallest absolute Gasteiger partial charge is 0.273 e. The zero-order valence-corrected chi connectivity index (χ0v) is 11.3. The number of nitrogens with one attached hydrogen (secondary N) is 1. The van der Waals surface area contributed by atoms with Crippen LogP contribution in [0.2, 0.25) is 0 Å². The first-order valence-corrected chi connectivity index (χ1v) is 7.84. The number of nitrogens with two attached hydrogens (primary N) is 1. The topological polar surface area (TPSA) is 120 Å². The van der Waals surface area contributed by atoms with Crippen molar-refractivity contribution in [1.82, 2.24) is 20.3 Å². The second-order valence-electron chi connectivity index (χ2n) is 4.50. The van der Waals surface area contributed by atoms with Crippen molar-refractivity contribution in [3.05, 3.63) is 11.9 Å². The van der Waals surface area contributed by atoms with Gasteiger partial charge in [-0.05, 0) is 12.8 Å². The lowest BCUT2D eigenvalue weighted by atomic mass is 10.2. The predicted octanol–water partition coefficient (Wildman–Crippen LogP) is -1.46. The van der Waals surface area contributed by atoms with Crippen molar-refractivity contribution >= 4 is 15.7 Å². The minimum absolute atomic E-state index is 0.130. The number of amides is 1. The average Bonchev–Trinajstić information content (AvgIpc) is 2.93. The minimum Gasteiger partial charge on any atom is -0.349 e. The van der Waals surface area contributed by atoms with Gasteiger partial charge in [-0.25, -0.2) is 8.42 Å². The number of sulfone groups is 1. The number of carbonyl (C=O) groups excluding carboxylic acids is 1. The summed E-state index contributed by atoms with van der Waals surface area (Å²) in [4.78, 5) is 11.8. The molecule has 8 nitrogen and oxygen atoms in total. The van der Waals surface area contributed by atoms with E-state index >= 15 is 0 Å². The van der Waals surface area contributed by atoms with Crippen LogP contribution in [0.4, 0.5) is 0 Å². The Morgan fingerprint density at radius 1 is 1.58 bits per heavy atom. The summed E-state index contributed by atoms with van der Waals surface area (Å²) in [5, 5.41) is 9.57. The molecule has 1 aromatic rings. The highest BCUT2D eigenvalue weighted by Crippen LogP contribution is 2.19. The number of carbonyl (C=O) groups is 1. The first kappa shape index (κ1) is 13.9. The molecule has 2 rings (SSSR count). The SMILES string of the molecule is NCCn1cc(C(=O)NCC2CCCS2(=O)=O)nn1. The molecule has 3 N–H and O–H groups in total. The molecular weight excluding hydrogens is 270 g/mol.